The highest BCUT2D eigenvalue weighted by Gasteiger charge is 2.20. The molecular formula is C17H19N3O. The molecule has 0 unspecified atom stereocenters. The van der Waals surface area contributed by atoms with Crippen LogP contribution >= 0.6 is 0 Å². The van der Waals surface area contributed by atoms with Crippen molar-refractivity contribution in [1.29, 1.82) is 0 Å². The Hall–Kier alpha value is -2.20. The van der Waals surface area contributed by atoms with E-state index in [0.29, 0.717) is 0 Å². The third-order valence-corrected chi connectivity index (χ3v) is 3.56. The van der Waals surface area contributed by atoms with Gasteiger partial charge in [0.1, 0.15) is 11.9 Å². The fourth-order valence-corrected chi connectivity index (χ4v) is 2.44. The predicted octanol–water partition coefficient (Wildman–Crippen LogP) is 2.73. The first-order chi connectivity index (χ1) is 10.3. The molecule has 1 aliphatic rings. The predicted molar refractivity (Wildman–Crippen MR) is 83.9 cm³/mol. The highest BCUT2D eigenvalue weighted by Crippen LogP contribution is 2.19. The number of nitrogens with zero attached hydrogens (tertiary/aromatic N) is 3. The topological polar surface area (TPSA) is 38.2 Å². The maximum absolute atomic E-state index is 5.99. The number of likely N-dealkylation sites (tertiary alicyclic amines) is 1. The molecule has 0 radical (unpaired) electrons. The lowest BCUT2D eigenvalue weighted by Gasteiger charge is -2.13. The number of hydrogen-bond donors (Lipinski definition) is 0. The first kappa shape index (κ1) is 13.8. The second-order valence-corrected chi connectivity index (χ2v) is 5.36. The molecule has 21 heavy (non-hydrogen) atoms. The van der Waals surface area contributed by atoms with E-state index in [9.17, 15) is 0 Å². The number of pyridine rings is 2. The van der Waals surface area contributed by atoms with E-state index in [1.807, 2.05) is 36.5 Å². The van der Waals surface area contributed by atoms with Crippen LogP contribution in [-0.2, 0) is 0 Å². The Morgan fingerprint density at radius 3 is 2.71 bits per heavy atom. The van der Waals surface area contributed by atoms with Gasteiger partial charge in [0.25, 0.3) is 0 Å². The summed E-state index contributed by atoms with van der Waals surface area (Å²) in [6, 6.07) is 5.97. The Bertz CT molecular complexity index is 612. The molecule has 1 fully saturated rings. The molecule has 4 heteroatoms. The van der Waals surface area contributed by atoms with Crippen molar-refractivity contribution in [2.75, 3.05) is 20.1 Å². The first-order valence-electron chi connectivity index (χ1n) is 7.18. The van der Waals surface area contributed by atoms with Gasteiger partial charge in [-0.25, -0.2) is 0 Å². The minimum Gasteiger partial charge on any atom is -0.487 e. The monoisotopic (exact) mass is 281 g/mol. The van der Waals surface area contributed by atoms with Crippen LogP contribution in [0.15, 0.2) is 43.0 Å². The summed E-state index contributed by atoms with van der Waals surface area (Å²) in [5, 5.41) is 0. The summed E-state index contributed by atoms with van der Waals surface area (Å²) in [5.41, 5.74) is 2.16. The third-order valence-electron chi connectivity index (χ3n) is 3.56. The van der Waals surface area contributed by atoms with Crippen LogP contribution in [0.3, 0.4) is 0 Å². The zero-order chi connectivity index (χ0) is 14.5. The smallest absolute Gasteiger partial charge is 0.138 e. The highest BCUT2D eigenvalue weighted by molar-refractivity contribution is 5.69. The molecule has 1 atom stereocenters. The lowest BCUT2D eigenvalue weighted by Crippen LogP contribution is -2.21. The lowest BCUT2D eigenvalue weighted by atomic mass is 10.2. The van der Waals surface area contributed by atoms with E-state index in [2.05, 4.69) is 21.9 Å². The Morgan fingerprint density at radius 1 is 1.14 bits per heavy atom. The van der Waals surface area contributed by atoms with Crippen molar-refractivity contribution < 1.29 is 4.74 Å². The molecule has 1 saturated heterocycles. The van der Waals surface area contributed by atoms with Gasteiger partial charge in [0.2, 0.25) is 0 Å². The van der Waals surface area contributed by atoms with Crippen LogP contribution in [0, 0.1) is 0 Å². The van der Waals surface area contributed by atoms with E-state index < -0.39 is 0 Å². The highest BCUT2D eigenvalue weighted by atomic mass is 16.5. The average Bonchev–Trinajstić information content (AvgIpc) is 2.92. The Morgan fingerprint density at radius 2 is 1.95 bits per heavy atom. The van der Waals surface area contributed by atoms with Gasteiger partial charge in [-0.05, 0) is 42.8 Å². The van der Waals surface area contributed by atoms with E-state index in [-0.39, 0.29) is 6.10 Å². The van der Waals surface area contributed by atoms with Crippen molar-refractivity contribution in [3.05, 3.63) is 54.1 Å². The van der Waals surface area contributed by atoms with Gasteiger partial charge in [0, 0.05) is 31.7 Å². The molecule has 0 saturated carbocycles. The zero-order valence-corrected chi connectivity index (χ0v) is 12.1. The summed E-state index contributed by atoms with van der Waals surface area (Å²) in [5.74, 6) is 0.840. The minimum atomic E-state index is 0.274. The lowest BCUT2D eigenvalue weighted by molar-refractivity contribution is 0.207. The second kappa shape index (κ2) is 6.50. The maximum Gasteiger partial charge on any atom is 0.138 e. The maximum atomic E-state index is 5.99. The third kappa shape index (κ3) is 3.89. The SMILES string of the molecule is CN1CC[C@H](Oc2cncc(C=Cc3ccncc3)c2)C1. The van der Waals surface area contributed by atoms with Crippen LogP contribution in [0.4, 0.5) is 0 Å². The van der Waals surface area contributed by atoms with Gasteiger partial charge in [0.15, 0.2) is 0 Å². The van der Waals surface area contributed by atoms with E-state index in [1.165, 1.54) is 0 Å². The number of aromatic nitrogens is 2. The van der Waals surface area contributed by atoms with E-state index in [0.717, 1.165) is 36.4 Å². The van der Waals surface area contributed by atoms with Crippen LogP contribution in [-0.4, -0.2) is 41.1 Å². The van der Waals surface area contributed by atoms with Crippen LogP contribution in [0.5, 0.6) is 5.75 Å². The van der Waals surface area contributed by atoms with Crippen LogP contribution < -0.4 is 4.74 Å². The number of ether oxygens (including phenoxy) is 1. The quantitative estimate of drug-likeness (QED) is 0.863. The molecule has 0 amide bonds. The van der Waals surface area contributed by atoms with Crippen LogP contribution in [0.2, 0.25) is 0 Å². The largest absolute Gasteiger partial charge is 0.487 e. The molecule has 2 aromatic rings. The van der Waals surface area contributed by atoms with Gasteiger partial charge in [-0.15, -0.1) is 0 Å². The van der Waals surface area contributed by atoms with Gasteiger partial charge in [-0.2, -0.15) is 0 Å². The molecule has 0 aliphatic carbocycles. The van der Waals surface area contributed by atoms with E-state index in [4.69, 9.17) is 4.74 Å². The van der Waals surface area contributed by atoms with Gasteiger partial charge in [-0.3, -0.25) is 9.97 Å². The van der Waals surface area contributed by atoms with E-state index in [1.54, 1.807) is 18.6 Å². The van der Waals surface area contributed by atoms with Crippen molar-refractivity contribution in [2.24, 2.45) is 0 Å². The van der Waals surface area contributed by atoms with Crippen LogP contribution in [0.25, 0.3) is 12.2 Å². The number of likely N-dealkylation sites (N-methyl/N-ethyl adjacent to an activating group) is 1. The Balaban J connectivity index is 1.67. The van der Waals surface area contributed by atoms with Gasteiger partial charge < -0.3 is 9.64 Å². The van der Waals surface area contributed by atoms with Crippen molar-refractivity contribution in [1.82, 2.24) is 14.9 Å². The summed E-state index contributed by atoms with van der Waals surface area (Å²) in [4.78, 5) is 10.5. The molecule has 0 bridgehead atoms. The van der Waals surface area contributed by atoms with Crippen LogP contribution in [0.1, 0.15) is 17.5 Å². The molecule has 0 N–H and O–H groups in total. The summed E-state index contributed by atoms with van der Waals surface area (Å²) >= 11 is 0. The number of rotatable bonds is 4. The molecule has 3 rings (SSSR count). The first-order valence-corrected chi connectivity index (χ1v) is 7.18. The molecule has 0 aromatic carbocycles. The standard InChI is InChI=1S/C17H19N3O/c1-20-9-6-16(13-20)21-17-10-15(11-19-12-17)3-2-14-4-7-18-8-5-14/h2-5,7-8,10-12,16H,6,9,13H2,1H3/t16-/m0/s1. The molecule has 2 aromatic heterocycles. The summed E-state index contributed by atoms with van der Waals surface area (Å²) in [7, 11) is 2.12. The van der Waals surface area contributed by atoms with E-state index >= 15 is 0 Å². The summed E-state index contributed by atoms with van der Waals surface area (Å²) < 4.78 is 5.99. The fourth-order valence-electron chi connectivity index (χ4n) is 2.44. The zero-order valence-electron chi connectivity index (χ0n) is 12.1. The molecule has 108 valence electrons. The van der Waals surface area contributed by atoms with Gasteiger partial charge in [-0.1, -0.05) is 12.2 Å². The molecule has 0 spiro atoms. The second-order valence-electron chi connectivity index (χ2n) is 5.36. The van der Waals surface area contributed by atoms with Crippen molar-refractivity contribution in [3.63, 3.8) is 0 Å². The van der Waals surface area contributed by atoms with Gasteiger partial charge >= 0.3 is 0 Å². The Kier molecular flexibility index (Phi) is 4.26. The van der Waals surface area contributed by atoms with Crippen molar-refractivity contribution in [2.45, 2.75) is 12.5 Å². The van der Waals surface area contributed by atoms with Gasteiger partial charge in [0.05, 0.1) is 6.20 Å². The molecule has 3 heterocycles. The summed E-state index contributed by atoms with van der Waals surface area (Å²) in [6.45, 7) is 2.08. The number of hydrogen-bond acceptors (Lipinski definition) is 4. The van der Waals surface area contributed by atoms with Crippen molar-refractivity contribution >= 4 is 12.2 Å². The normalized spacial score (nSPS) is 19.2. The summed E-state index contributed by atoms with van der Waals surface area (Å²) in [6.07, 6.45) is 12.6. The van der Waals surface area contributed by atoms with Crippen molar-refractivity contribution in [3.8, 4) is 5.75 Å². The minimum absolute atomic E-state index is 0.274. The fraction of sp³-hybridized carbons (Fsp3) is 0.294. The molecule has 4 nitrogen and oxygen atoms in total. The Labute approximate surface area is 125 Å². The molecule has 1 aliphatic heterocycles. The molecular weight excluding hydrogens is 262 g/mol. The average molecular weight is 281 g/mol.